The van der Waals surface area contributed by atoms with Crippen LogP contribution >= 0.6 is 0 Å². The minimum atomic E-state index is 0.587. The van der Waals surface area contributed by atoms with Crippen molar-refractivity contribution in [2.45, 2.75) is 13.5 Å². The van der Waals surface area contributed by atoms with Crippen molar-refractivity contribution < 1.29 is 4.74 Å². The maximum atomic E-state index is 6.06. The van der Waals surface area contributed by atoms with Crippen LogP contribution in [0.1, 0.15) is 12.5 Å². The molecule has 1 aromatic rings. The number of rotatable bonds is 5. The third-order valence-corrected chi connectivity index (χ3v) is 3.33. The molecule has 0 saturated carbocycles. The third kappa shape index (κ3) is 4.31. The highest BCUT2D eigenvalue weighted by atomic mass is 16.5. The summed E-state index contributed by atoms with van der Waals surface area (Å²) in [6, 6.07) is 10.1. The van der Waals surface area contributed by atoms with E-state index >= 15 is 0 Å². The average molecular weight is 273 g/mol. The summed E-state index contributed by atoms with van der Waals surface area (Å²) < 4.78 is 5.69. The van der Waals surface area contributed by atoms with E-state index in [1.54, 1.807) is 0 Å². The van der Waals surface area contributed by atoms with Gasteiger partial charge in [-0.25, -0.2) is 0 Å². The molecule has 1 fully saturated rings. The average Bonchev–Trinajstić information content (AvgIpc) is 2.90. The van der Waals surface area contributed by atoms with Crippen LogP contribution in [0.4, 0.5) is 0 Å². The minimum Gasteiger partial charge on any atom is -0.494 e. The van der Waals surface area contributed by atoms with Crippen LogP contribution < -0.4 is 5.73 Å². The van der Waals surface area contributed by atoms with Crippen molar-refractivity contribution in [2.24, 2.45) is 5.73 Å². The first-order valence-electron chi connectivity index (χ1n) is 6.89. The summed E-state index contributed by atoms with van der Waals surface area (Å²) in [5.41, 5.74) is 7.22. The van der Waals surface area contributed by atoms with Gasteiger partial charge in [-0.3, -0.25) is 4.90 Å². The highest BCUT2D eigenvalue weighted by Gasteiger charge is 2.16. The molecule has 1 aromatic carbocycles. The summed E-state index contributed by atoms with van der Waals surface area (Å²) in [7, 11) is 2.09. The lowest BCUT2D eigenvalue weighted by atomic mass is 10.2. The van der Waals surface area contributed by atoms with E-state index in [0.717, 1.165) is 31.3 Å². The number of likely N-dealkylation sites (N-methyl/N-ethyl adjacent to an activating group) is 1. The van der Waals surface area contributed by atoms with Crippen LogP contribution in [0.15, 0.2) is 54.1 Å². The van der Waals surface area contributed by atoms with Crippen molar-refractivity contribution in [3.05, 3.63) is 59.6 Å². The molecule has 0 unspecified atom stereocenters. The van der Waals surface area contributed by atoms with Crippen LogP contribution in [-0.4, -0.2) is 36.6 Å². The Bertz CT molecular complexity index is 482. The molecular weight excluding hydrogens is 250 g/mol. The topological polar surface area (TPSA) is 41.7 Å². The Morgan fingerprint density at radius 1 is 1.25 bits per heavy atom. The van der Waals surface area contributed by atoms with Crippen LogP contribution in [0.25, 0.3) is 0 Å². The van der Waals surface area contributed by atoms with Gasteiger partial charge >= 0.3 is 0 Å². The molecule has 20 heavy (non-hydrogen) atoms. The fraction of sp³-hybridized carbons (Fsp3) is 0.375. The highest BCUT2D eigenvalue weighted by molar-refractivity contribution is 5.15. The van der Waals surface area contributed by atoms with Gasteiger partial charge < -0.3 is 15.4 Å². The first-order valence-corrected chi connectivity index (χ1v) is 6.89. The molecule has 0 bridgehead atoms. The first kappa shape index (κ1) is 14.5. The van der Waals surface area contributed by atoms with E-state index in [-0.39, 0.29) is 0 Å². The highest BCUT2D eigenvalue weighted by Crippen LogP contribution is 2.09. The van der Waals surface area contributed by atoms with Crippen molar-refractivity contribution in [1.82, 2.24) is 9.80 Å². The number of benzene rings is 1. The van der Waals surface area contributed by atoms with Gasteiger partial charge in [0.1, 0.15) is 6.61 Å². The maximum Gasteiger partial charge on any atom is 0.113 e. The number of nitrogens with zero attached hydrogens (tertiary/aromatic N) is 2. The fourth-order valence-electron chi connectivity index (χ4n) is 2.06. The predicted molar refractivity (Wildman–Crippen MR) is 81.5 cm³/mol. The fourth-order valence-corrected chi connectivity index (χ4v) is 2.06. The van der Waals surface area contributed by atoms with Crippen molar-refractivity contribution in [1.29, 1.82) is 0 Å². The van der Waals surface area contributed by atoms with Crippen LogP contribution in [0.5, 0.6) is 0 Å². The van der Waals surface area contributed by atoms with E-state index in [2.05, 4.69) is 29.0 Å². The monoisotopic (exact) mass is 273 g/mol. The normalized spacial score (nSPS) is 17.6. The van der Waals surface area contributed by atoms with Crippen molar-refractivity contribution in [3.8, 4) is 0 Å². The lowest BCUT2D eigenvalue weighted by molar-refractivity contribution is 0.201. The maximum absolute atomic E-state index is 6.06. The van der Waals surface area contributed by atoms with Gasteiger partial charge in [-0.2, -0.15) is 0 Å². The number of hydrogen-bond acceptors (Lipinski definition) is 4. The zero-order chi connectivity index (χ0) is 14.4. The van der Waals surface area contributed by atoms with Crippen LogP contribution in [0, 0.1) is 0 Å². The molecule has 0 radical (unpaired) electrons. The Morgan fingerprint density at radius 3 is 2.65 bits per heavy atom. The lowest BCUT2D eigenvalue weighted by Gasteiger charge is -2.17. The van der Waals surface area contributed by atoms with E-state index in [1.807, 2.05) is 37.3 Å². The Hall–Kier alpha value is -1.94. The second-order valence-corrected chi connectivity index (χ2v) is 5.13. The van der Waals surface area contributed by atoms with E-state index in [9.17, 15) is 0 Å². The third-order valence-electron chi connectivity index (χ3n) is 3.33. The lowest BCUT2D eigenvalue weighted by Crippen LogP contribution is -2.26. The van der Waals surface area contributed by atoms with E-state index < -0.39 is 0 Å². The molecule has 2 N–H and O–H groups in total. The molecule has 4 heteroatoms. The summed E-state index contributed by atoms with van der Waals surface area (Å²) in [6.07, 6.45) is 3.84. The van der Waals surface area contributed by atoms with Gasteiger partial charge in [0.2, 0.25) is 0 Å². The van der Waals surface area contributed by atoms with Gasteiger partial charge in [0.15, 0.2) is 0 Å². The summed E-state index contributed by atoms with van der Waals surface area (Å²) in [5, 5.41) is 0. The molecule has 4 nitrogen and oxygen atoms in total. The van der Waals surface area contributed by atoms with Crippen LogP contribution in [-0.2, 0) is 11.3 Å². The zero-order valence-electron chi connectivity index (χ0n) is 12.2. The Balaban J connectivity index is 1.84. The summed E-state index contributed by atoms with van der Waals surface area (Å²) in [6.45, 7) is 5.46. The molecule has 0 spiro atoms. The predicted octanol–water partition coefficient (Wildman–Crippen LogP) is 2.11. The molecule has 0 amide bonds. The number of hydrogen-bond donors (Lipinski definition) is 1. The van der Waals surface area contributed by atoms with E-state index in [4.69, 9.17) is 10.5 Å². The standard InChI is InChI=1S/C16H23N3O/c1-14(20-12-15-6-4-3-5-7-15)8-9-16(17)19-11-10-18(2)13-19/h3-9H,10-13,17H2,1-2H3/b14-8+,16-9+. The minimum absolute atomic E-state index is 0.587. The van der Waals surface area contributed by atoms with Crippen molar-refractivity contribution in [3.63, 3.8) is 0 Å². The number of ether oxygens (including phenoxy) is 1. The van der Waals surface area contributed by atoms with Gasteiger partial charge in [-0.1, -0.05) is 30.3 Å². The molecule has 1 aliphatic rings. The van der Waals surface area contributed by atoms with Gasteiger partial charge in [0.25, 0.3) is 0 Å². The summed E-state index contributed by atoms with van der Waals surface area (Å²) in [4.78, 5) is 4.39. The molecular formula is C16H23N3O. The second-order valence-electron chi connectivity index (χ2n) is 5.13. The van der Waals surface area contributed by atoms with Crippen molar-refractivity contribution in [2.75, 3.05) is 26.8 Å². The molecule has 1 aliphatic heterocycles. The van der Waals surface area contributed by atoms with Gasteiger partial charge in [-0.05, 0) is 31.7 Å². The van der Waals surface area contributed by atoms with Crippen LogP contribution in [0.3, 0.4) is 0 Å². The Labute approximate surface area is 121 Å². The molecule has 108 valence electrons. The molecule has 1 saturated heterocycles. The van der Waals surface area contributed by atoms with E-state index in [1.165, 1.54) is 5.56 Å². The number of allylic oxidation sites excluding steroid dienone is 3. The zero-order valence-corrected chi connectivity index (χ0v) is 12.2. The Morgan fingerprint density at radius 2 is 2.00 bits per heavy atom. The smallest absolute Gasteiger partial charge is 0.113 e. The SMILES string of the molecule is C/C(=C\C=C(/N)N1CCN(C)C1)OCc1ccccc1. The van der Waals surface area contributed by atoms with Gasteiger partial charge in [0, 0.05) is 13.1 Å². The quantitative estimate of drug-likeness (QED) is 0.659. The largest absolute Gasteiger partial charge is 0.494 e. The summed E-state index contributed by atoms with van der Waals surface area (Å²) >= 11 is 0. The van der Waals surface area contributed by atoms with Crippen molar-refractivity contribution >= 4 is 0 Å². The molecule has 2 rings (SSSR count). The first-order chi connectivity index (χ1) is 9.65. The number of nitrogens with two attached hydrogens (primary N) is 1. The second kappa shape index (κ2) is 7.01. The molecule has 0 atom stereocenters. The van der Waals surface area contributed by atoms with E-state index in [0.29, 0.717) is 6.61 Å². The van der Waals surface area contributed by atoms with Gasteiger partial charge in [0.05, 0.1) is 18.2 Å². The Kier molecular flexibility index (Phi) is 5.07. The van der Waals surface area contributed by atoms with Crippen LogP contribution in [0.2, 0.25) is 0 Å². The molecule has 1 heterocycles. The summed E-state index contributed by atoms with van der Waals surface area (Å²) in [5.74, 6) is 1.65. The molecule has 0 aromatic heterocycles. The molecule has 0 aliphatic carbocycles. The van der Waals surface area contributed by atoms with Gasteiger partial charge in [-0.15, -0.1) is 0 Å².